The molecule has 0 spiro atoms. The number of hydrogen-bond donors (Lipinski definition) is 3. The van der Waals surface area contributed by atoms with E-state index in [1.54, 1.807) is 0 Å². The van der Waals surface area contributed by atoms with E-state index in [1.807, 2.05) is 0 Å². The third-order valence-electron chi connectivity index (χ3n) is 2.35. The molecule has 5 N–H and O–H groups in total. The standard InChI is InChI=1S/C8H13N6O4P.2Na/c9-6-5-7(13-8(10)12-6)14(3-11-5)1-4(15)2-19(16,17)18;;/h3-4,15H,1-2H2,(H2,16,17,18)(H4,9,10,12,13);;/q;2*+1/p-2/t4-;;/m1../s1. The molecule has 13 heteroatoms. The first kappa shape index (κ1) is 21.3. The molecular weight excluding hydrogens is 321 g/mol. The number of imidazole rings is 1. The first-order chi connectivity index (χ1) is 8.76. The summed E-state index contributed by atoms with van der Waals surface area (Å²) in [6.07, 6.45) is -0.933. The van der Waals surface area contributed by atoms with Gasteiger partial charge in [0.15, 0.2) is 11.5 Å². The van der Waals surface area contributed by atoms with Gasteiger partial charge in [-0.25, -0.2) is 4.98 Å². The van der Waals surface area contributed by atoms with Crippen LogP contribution >= 0.6 is 7.60 Å². The summed E-state index contributed by atoms with van der Waals surface area (Å²) in [6, 6.07) is 0. The van der Waals surface area contributed by atoms with Crippen LogP contribution in [0.3, 0.4) is 0 Å². The zero-order valence-electron chi connectivity index (χ0n) is 11.6. The molecule has 0 aliphatic heterocycles. The van der Waals surface area contributed by atoms with Gasteiger partial charge < -0.3 is 35.5 Å². The molecule has 104 valence electrons. The molecule has 2 aromatic rings. The minimum Gasteiger partial charge on any atom is -0.811 e. The molecule has 0 aliphatic carbocycles. The van der Waals surface area contributed by atoms with E-state index in [1.165, 1.54) is 10.9 Å². The van der Waals surface area contributed by atoms with E-state index in [0.29, 0.717) is 0 Å². The number of anilines is 2. The molecule has 1 atom stereocenters. The Bertz CT molecular complexity index is 661. The molecule has 2 rings (SSSR count). The second-order valence-electron chi connectivity index (χ2n) is 3.98. The van der Waals surface area contributed by atoms with Gasteiger partial charge >= 0.3 is 59.1 Å². The Morgan fingerprint density at radius 3 is 2.52 bits per heavy atom. The Kier molecular flexibility index (Phi) is 8.31. The van der Waals surface area contributed by atoms with Crippen molar-refractivity contribution in [2.45, 2.75) is 12.6 Å². The van der Waals surface area contributed by atoms with Crippen LogP contribution in [0.15, 0.2) is 6.33 Å². The van der Waals surface area contributed by atoms with E-state index >= 15 is 0 Å². The third-order valence-corrected chi connectivity index (χ3v) is 3.22. The molecule has 0 aromatic carbocycles. The number of rotatable bonds is 4. The first-order valence-electron chi connectivity index (χ1n) is 5.19. The number of nitrogens with two attached hydrogens (primary N) is 2. The van der Waals surface area contributed by atoms with Crippen molar-refractivity contribution in [2.24, 2.45) is 0 Å². The number of fused-ring (bicyclic) bond motifs is 1. The maximum Gasteiger partial charge on any atom is 1.00 e. The number of hydrogen-bond acceptors (Lipinski definition) is 9. The van der Waals surface area contributed by atoms with Gasteiger partial charge in [0.2, 0.25) is 5.95 Å². The predicted octanol–water partition coefficient (Wildman–Crippen LogP) is -8.73. The topological polar surface area (TPSA) is 179 Å². The Labute approximate surface area is 164 Å². The van der Waals surface area contributed by atoms with Crippen molar-refractivity contribution >= 4 is 30.5 Å². The van der Waals surface area contributed by atoms with E-state index < -0.39 is 19.9 Å². The Balaban J connectivity index is 0.00000200. The van der Waals surface area contributed by atoms with Crippen LogP contribution in [0.5, 0.6) is 0 Å². The van der Waals surface area contributed by atoms with E-state index in [-0.39, 0.29) is 88.6 Å². The molecule has 0 unspecified atom stereocenters. The van der Waals surface area contributed by atoms with Crippen molar-refractivity contribution in [3.63, 3.8) is 0 Å². The Morgan fingerprint density at radius 1 is 1.33 bits per heavy atom. The predicted molar refractivity (Wildman–Crippen MR) is 62.6 cm³/mol. The van der Waals surface area contributed by atoms with Crippen molar-refractivity contribution in [2.75, 3.05) is 17.6 Å². The molecule has 2 heterocycles. The molecule has 0 saturated heterocycles. The number of aliphatic hydroxyl groups excluding tert-OH is 1. The summed E-state index contributed by atoms with van der Waals surface area (Å²) in [4.78, 5) is 32.7. The first-order valence-corrected chi connectivity index (χ1v) is 6.92. The second kappa shape index (κ2) is 8.21. The van der Waals surface area contributed by atoms with E-state index in [9.17, 15) is 19.5 Å². The number of nitrogen functional groups attached to an aromatic ring is 2. The zero-order chi connectivity index (χ0) is 14.2. The second-order valence-corrected chi connectivity index (χ2v) is 5.57. The van der Waals surface area contributed by atoms with Crippen LogP contribution < -0.4 is 80.4 Å². The van der Waals surface area contributed by atoms with Gasteiger partial charge in [-0.05, 0) is 0 Å². The van der Waals surface area contributed by atoms with Gasteiger partial charge in [0.1, 0.15) is 5.52 Å². The summed E-state index contributed by atoms with van der Waals surface area (Å²) >= 11 is 0. The average molecular weight is 332 g/mol. The largest absolute Gasteiger partial charge is 1.00 e. The number of nitrogens with zero attached hydrogens (tertiary/aromatic N) is 4. The zero-order valence-corrected chi connectivity index (χ0v) is 16.5. The molecule has 0 fully saturated rings. The van der Waals surface area contributed by atoms with Gasteiger partial charge in [0.05, 0.1) is 19.0 Å². The van der Waals surface area contributed by atoms with Gasteiger partial charge in [0.25, 0.3) is 0 Å². The summed E-state index contributed by atoms with van der Waals surface area (Å²) < 4.78 is 11.9. The van der Waals surface area contributed by atoms with Crippen LogP contribution in [0.4, 0.5) is 11.8 Å². The van der Waals surface area contributed by atoms with Crippen LogP contribution in [0.25, 0.3) is 11.2 Å². The molecule has 2 aromatic heterocycles. The van der Waals surface area contributed by atoms with Crippen LogP contribution in [0, 0.1) is 0 Å². The molecular formula is C8H11N6Na2O4P. The van der Waals surface area contributed by atoms with E-state index in [4.69, 9.17) is 11.5 Å². The van der Waals surface area contributed by atoms with Crippen molar-refractivity contribution in [3.8, 4) is 0 Å². The van der Waals surface area contributed by atoms with Crippen molar-refractivity contribution in [1.29, 1.82) is 0 Å². The number of aliphatic hydroxyl groups is 1. The summed E-state index contributed by atoms with van der Waals surface area (Å²) in [5.41, 5.74) is 11.6. The SMILES string of the molecule is Nc1nc(N)c2ncn(C[C@@H](O)CP(=O)([O-])[O-])c2n1.[Na+].[Na+]. The minimum atomic E-state index is -4.79. The van der Waals surface area contributed by atoms with Crippen molar-refractivity contribution in [1.82, 2.24) is 19.5 Å². The van der Waals surface area contributed by atoms with Crippen molar-refractivity contribution < 1.29 is 78.6 Å². The van der Waals surface area contributed by atoms with Gasteiger partial charge in [-0.3, -0.25) is 0 Å². The van der Waals surface area contributed by atoms with Gasteiger partial charge in [-0.2, -0.15) is 9.97 Å². The summed E-state index contributed by atoms with van der Waals surface area (Å²) in [7, 11) is -4.79. The monoisotopic (exact) mass is 332 g/mol. The fourth-order valence-corrected chi connectivity index (χ4v) is 2.29. The van der Waals surface area contributed by atoms with Crippen molar-refractivity contribution in [3.05, 3.63) is 6.33 Å². The molecule has 0 aliphatic rings. The average Bonchev–Trinajstić information content (AvgIpc) is 2.58. The molecule has 0 radical (unpaired) electrons. The van der Waals surface area contributed by atoms with Crippen LogP contribution in [-0.2, 0) is 11.1 Å². The van der Waals surface area contributed by atoms with Gasteiger partial charge in [-0.15, -0.1) is 0 Å². The maximum absolute atomic E-state index is 10.6. The van der Waals surface area contributed by atoms with Gasteiger partial charge in [0, 0.05) is 6.16 Å². The van der Waals surface area contributed by atoms with E-state index in [2.05, 4.69) is 15.0 Å². The maximum atomic E-state index is 10.6. The quantitative estimate of drug-likeness (QED) is 0.362. The third kappa shape index (κ3) is 5.76. The summed E-state index contributed by atoms with van der Waals surface area (Å²) in [5.74, 6) is 0.00798. The smallest absolute Gasteiger partial charge is 0.811 e. The van der Waals surface area contributed by atoms with E-state index in [0.717, 1.165) is 0 Å². The van der Waals surface area contributed by atoms with Crippen LogP contribution in [0.1, 0.15) is 0 Å². The molecule has 0 amide bonds. The van der Waals surface area contributed by atoms with Crippen LogP contribution in [-0.4, -0.2) is 36.9 Å². The fraction of sp³-hybridized carbons (Fsp3) is 0.375. The molecule has 21 heavy (non-hydrogen) atoms. The number of aromatic nitrogens is 4. The molecule has 10 nitrogen and oxygen atoms in total. The summed E-state index contributed by atoms with van der Waals surface area (Å²) in [5, 5.41) is 9.53. The normalized spacial score (nSPS) is 12.5. The molecule has 0 saturated carbocycles. The fourth-order valence-electron chi connectivity index (χ4n) is 1.66. The Morgan fingerprint density at radius 2 is 1.95 bits per heavy atom. The van der Waals surface area contributed by atoms with Gasteiger partial charge in [-0.1, -0.05) is 7.60 Å². The molecule has 0 bridgehead atoms. The van der Waals surface area contributed by atoms with Crippen LogP contribution in [0.2, 0.25) is 0 Å². The summed E-state index contributed by atoms with van der Waals surface area (Å²) in [6.45, 7) is -0.166. The Hall–Kier alpha value is 0.260. The minimum absolute atomic E-state index is 0.